The zero-order chi connectivity index (χ0) is 29.4. The number of nitrogens with zero attached hydrogens (tertiary/aromatic N) is 2. The van der Waals surface area contributed by atoms with Crippen LogP contribution in [0.4, 0.5) is 0 Å². The van der Waals surface area contributed by atoms with E-state index in [1.54, 1.807) is 0 Å². The van der Waals surface area contributed by atoms with Crippen LogP contribution in [0.3, 0.4) is 0 Å². The van der Waals surface area contributed by atoms with Crippen LogP contribution >= 0.6 is 0 Å². The second-order valence-corrected chi connectivity index (χ2v) is 8.55. The number of hydrogen-bond acceptors (Lipinski definition) is 16. The zero-order valence-electron chi connectivity index (χ0n) is 22.1. The van der Waals surface area contributed by atoms with E-state index < -0.39 is 98.1 Å². The number of hydrogen-bond donors (Lipinski definition) is 0. The van der Waals surface area contributed by atoms with Crippen LogP contribution < -0.4 is 0 Å². The summed E-state index contributed by atoms with van der Waals surface area (Å²) >= 11 is 0. The Hall–Kier alpha value is -3.97. The van der Waals surface area contributed by atoms with Gasteiger partial charge in [0.15, 0.2) is 55.3 Å². The molecule has 0 unspecified atom stereocenters. The third kappa shape index (κ3) is 8.52. The Morgan fingerprint density at radius 2 is 0.846 bits per heavy atom. The maximum absolute atomic E-state index is 12.0. The molecule has 0 N–H and O–H groups in total. The first-order chi connectivity index (χ1) is 18.2. The maximum Gasteiger partial charge on any atom is 0.303 e. The molecule has 2 rings (SSSR count). The summed E-state index contributed by atoms with van der Waals surface area (Å²) in [5.41, 5.74) is 0. The molecule has 0 bridgehead atoms. The largest absolute Gasteiger partial charge is 0.456 e. The van der Waals surface area contributed by atoms with Crippen molar-refractivity contribution < 1.29 is 66.7 Å². The minimum absolute atomic E-state index is 0.410. The third-order valence-corrected chi connectivity index (χ3v) is 5.31. The van der Waals surface area contributed by atoms with Crippen molar-refractivity contribution in [3.63, 3.8) is 0 Å². The average Bonchev–Trinajstić information content (AvgIpc) is 2.79. The highest BCUT2D eigenvalue weighted by molar-refractivity contribution is 5.69. The van der Waals surface area contributed by atoms with Gasteiger partial charge in [-0.05, 0) is 0 Å². The first-order valence-corrected chi connectivity index (χ1v) is 11.7. The number of nitriles is 1. The summed E-state index contributed by atoms with van der Waals surface area (Å²) in [6.45, 7) is 5.63. The minimum atomic E-state index is -1.55. The standard InChI is InChI=1S/C23H30N2O14/c1-10(26)34-16-7-32-22(20(38-14(5)30)18(16)36-12(3)28)25(9-24)23-21(39-15(6)31)19(37-13(4)29)17(8-33-23)35-11(2)27/h16-23H,7-8H2,1-6H3/t16-,17-,18+,19+,20+,21+,22+,23+/m1/s1. The predicted molar refractivity (Wildman–Crippen MR) is 120 cm³/mol. The van der Waals surface area contributed by atoms with Crippen molar-refractivity contribution in [2.75, 3.05) is 13.2 Å². The Balaban J connectivity index is 2.54. The third-order valence-electron chi connectivity index (χ3n) is 5.31. The van der Waals surface area contributed by atoms with Gasteiger partial charge in [0.1, 0.15) is 0 Å². The van der Waals surface area contributed by atoms with Crippen LogP contribution in [0.2, 0.25) is 0 Å². The fraction of sp³-hybridized carbons (Fsp3) is 0.696. The Kier molecular flexibility index (Phi) is 11.0. The van der Waals surface area contributed by atoms with Crippen LogP contribution in [0.25, 0.3) is 0 Å². The van der Waals surface area contributed by atoms with E-state index in [-0.39, 0.29) is 0 Å². The van der Waals surface area contributed by atoms with E-state index in [1.165, 1.54) is 0 Å². The van der Waals surface area contributed by atoms with Crippen LogP contribution in [0, 0.1) is 11.5 Å². The van der Waals surface area contributed by atoms with Gasteiger partial charge in [0.05, 0.1) is 13.2 Å². The molecular weight excluding hydrogens is 528 g/mol. The summed E-state index contributed by atoms with van der Waals surface area (Å²) in [6, 6.07) is 0. The quantitative estimate of drug-likeness (QED) is 0.153. The van der Waals surface area contributed by atoms with Crippen molar-refractivity contribution in [3.05, 3.63) is 0 Å². The SMILES string of the molecule is CC(=O)O[C@@H]1[C@H](OC(C)=O)[C@@H](N(C#N)[C@H]2OC[C@@H](OC(C)=O)[C@H](OC(C)=O)[C@@H]2OC(C)=O)OC[C@H]1OC(C)=O. The molecule has 0 aromatic heterocycles. The van der Waals surface area contributed by atoms with Crippen molar-refractivity contribution in [1.82, 2.24) is 4.90 Å². The molecule has 0 radical (unpaired) electrons. The molecule has 0 aromatic carbocycles. The van der Waals surface area contributed by atoms with E-state index in [2.05, 4.69) is 0 Å². The van der Waals surface area contributed by atoms with Crippen LogP contribution in [0.5, 0.6) is 0 Å². The molecule has 0 aromatic rings. The fourth-order valence-electron chi connectivity index (χ4n) is 4.18. The monoisotopic (exact) mass is 558 g/mol. The molecule has 2 saturated heterocycles. The van der Waals surface area contributed by atoms with Gasteiger partial charge in [0.2, 0.25) is 0 Å². The molecule has 0 saturated carbocycles. The Morgan fingerprint density at radius 1 is 0.564 bits per heavy atom. The summed E-state index contributed by atoms with van der Waals surface area (Å²) in [5, 5.41) is 10.1. The average molecular weight is 558 g/mol. The molecule has 2 aliphatic rings. The topological polar surface area (TPSA) is 203 Å². The number of carbonyl (C=O) groups is 6. The number of carbonyl (C=O) groups excluding carboxylic acids is 6. The number of rotatable bonds is 8. The lowest BCUT2D eigenvalue weighted by Crippen LogP contribution is -2.68. The lowest BCUT2D eigenvalue weighted by molar-refractivity contribution is -0.288. The lowest BCUT2D eigenvalue weighted by Gasteiger charge is -2.48. The summed E-state index contributed by atoms with van der Waals surface area (Å²) < 4.78 is 43.1. The normalized spacial score (nSPS) is 30.0. The highest BCUT2D eigenvalue weighted by Crippen LogP contribution is 2.32. The molecule has 8 atom stereocenters. The first kappa shape index (κ1) is 31.2. The van der Waals surface area contributed by atoms with Gasteiger partial charge < -0.3 is 37.9 Å². The van der Waals surface area contributed by atoms with Gasteiger partial charge in [-0.15, -0.1) is 0 Å². The van der Waals surface area contributed by atoms with Crippen molar-refractivity contribution in [1.29, 1.82) is 5.26 Å². The van der Waals surface area contributed by atoms with Gasteiger partial charge >= 0.3 is 35.8 Å². The molecule has 2 heterocycles. The van der Waals surface area contributed by atoms with E-state index >= 15 is 0 Å². The molecule has 2 aliphatic heterocycles. The van der Waals surface area contributed by atoms with Crippen LogP contribution in [-0.4, -0.2) is 103 Å². The second kappa shape index (κ2) is 13.7. The molecule has 16 nitrogen and oxygen atoms in total. The molecule has 0 aliphatic carbocycles. The Bertz CT molecular complexity index is 937. The molecule has 216 valence electrons. The highest BCUT2D eigenvalue weighted by Gasteiger charge is 2.55. The maximum atomic E-state index is 12.0. The minimum Gasteiger partial charge on any atom is -0.456 e. The first-order valence-electron chi connectivity index (χ1n) is 11.7. The molecule has 16 heteroatoms. The Labute approximate surface area is 223 Å². The van der Waals surface area contributed by atoms with E-state index in [4.69, 9.17) is 37.9 Å². The molecule has 39 heavy (non-hydrogen) atoms. The molecular formula is C23H30N2O14. The summed E-state index contributed by atoms with van der Waals surface area (Å²) in [6.07, 6.45) is -9.64. The Morgan fingerprint density at radius 3 is 1.10 bits per heavy atom. The van der Waals surface area contributed by atoms with Gasteiger partial charge in [-0.25, -0.2) is 4.90 Å². The molecule has 0 amide bonds. The smallest absolute Gasteiger partial charge is 0.303 e. The molecule has 2 fully saturated rings. The van der Waals surface area contributed by atoms with Crippen molar-refractivity contribution in [3.8, 4) is 6.19 Å². The van der Waals surface area contributed by atoms with Gasteiger partial charge in [-0.2, -0.15) is 5.26 Å². The van der Waals surface area contributed by atoms with Gasteiger partial charge in [0.25, 0.3) is 0 Å². The highest BCUT2D eigenvalue weighted by atomic mass is 16.7. The zero-order valence-corrected chi connectivity index (χ0v) is 22.1. The van der Waals surface area contributed by atoms with E-state index in [9.17, 15) is 34.0 Å². The van der Waals surface area contributed by atoms with Crippen molar-refractivity contribution in [2.24, 2.45) is 0 Å². The summed E-state index contributed by atoms with van der Waals surface area (Å²) in [5.74, 6) is -4.84. The summed E-state index contributed by atoms with van der Waals surface area (Å²) in [7, 11) is 0. The van der Waals surface area contributed by atoms with E-state index in [0.29, 0.717) is 0 Å². The van der Waals surface area contributed by atoms with E-state index in [1.807, 2.05) is 6.19 Å². The van der Waals surface area contributed by atoms with Crippen LogP contribution in [0.15, 0.2) is 0 Å². The lowest BCUT2D eigenvalue weighted by atomic mass is 9.99. The van der Waals surface area contributed by atoms with E-state index in [0.717, 1.165) is 46.4 Å². The fourth-order valence-corrected chi connectivity index (χ4v) is 4.18. The predicted octanol–water partition coefficient (Wildman–Crippen LogP) is -0.928. The van der Waals surface area contributed by atoms with Gasteiger partial charge in [0, 0.05) is 41.5 Å². The van der Waals surface area contributed by atoms with Crippen molar-refractivity contribution >= 4 is 35.8 Å². The van der Waals surface area contributed by atoms with Gasteiger partial charge in [-0.3, -0.25) is 28.8 Å². The van der Waals surface area contributed by atoms with Crippen LogP contribution in [-0.2, 0) is 66.7 Å². The van der Waals surface area contributed by atoms with Crippen LogP contribution in [0.1, 0.15) is 41.5 Å². The molecule has 0 spiro atoms. The van der Waals surface area contributed by atoms with Gasteiger partial charge in [-0.1, -0.05) is 0 Å². The number of ether oxygens (including phenoxy) is 8. The summed E-state index contributed by atoms with van der Waals surface area (Å²) in [4.78, 5) is 71.8. The van der Waals surface area contributed by atoms with Crippen molar-refractivity contribution in [2.45, 2.75) is 90.6 Å². The number of esters is 6. The second-order valence-electron chi connectivity index (χ2n) is 8.55.